The van der Waals surface area contributed by atoms with E-state index in [1.165, 1.54) is 11.3 Å². The van der Waals surface area contributed by atoms with E-state index in [0.717, 1.165) is 41.6 Å². The number of carbonyl (C=O) groups excluding carboxylic acids is 1. The maximum absolute atomic E-state index is 11.9. The summed E-state index contributed by atoms with van der Waals surface area (Å²) < 4.78 is 5.36. The molecule has 0 aliphatic carbocycles. The fourth-order valence-electron chi connectivity index (χ4n) is 1.95. The van der Waals surface area contributed by atoms with Crippen molar-refractivity contribution >= 4 is 22.4 Å². The fraction of sp³-hybridized carbons (Fsp3) is 0.667. The van der Waals surface area contributed by atoms with Crippen LogP contribution in [0.2, 0.25) is 0 Å². The van der Waals surface area contributed by atoms with Crippen molar-refractivity contribution in [2.75, 3.05) is 11.9 Å². The van der Waals surface area contributed by atoms with E-state index in [9.17, 15) is 4.79 Å². The number of nitrogens with one attached hydrogen (secondary N) is 1. The summed E-state index contributed by atoms with van der Waals surface area (Å²) in [6.07, 6.45) is 2.60. The van der Waals surface area contributed by atoms with Crippen molar-refractivity contribution in [2.45, 2.75) is 39.7 Å². The largest absolute Gasteiger partial charge is 0.375 e. The standard InChI is InChI=1S/C12H18N2O2S/c1-3-8(4-2)11(15)14-12-13-9-5-6-16-7-10(9)17-12/h8H,3-7H2,1-2H3,(H,13,14,15). The number of thiazole rings is 1. The SMILES string of the molecule is CCC(CC)C(=O)Nc1nc2c(s1)COCC2. The van der Waals surface area contributed by atoms with E-state index in [2.05, 4.69) is 10.3 Å². The average molecular weight is 254 g/mol. The van der Waals surface area contributed by atoms with Gasteiger partial charge >= 0.3 is 0 Å². The second-order valence-corrected chi connectivity index (χ2v) is 5.28. The highest BCUT2D eigenvalue weighted by atomic mass is 32.1. The number of amides is 1. The van der Waals surface area contributed by atoms with E-state index in [0.29, 0.717) is 6.61 Å². The van der Waals surface area contributed by atoms with Crippen LogP contribution in [0.3, 0.4) is 0 Å². The number of nitrogens with zero attached hydrogens (tertiary/aromatic N) is 1. The summed E-state index contributed by atoms with van der Waals surface area (Å²) in [7, 11) is 0. The van der Waals surface area contributed by atoms with Gasteiger partial charge in [-0.2, -0.15) is 0 Å². The first kappa shape index (κ1) is 12.5. The van der Waals surface area contributed by atoms with Crippen LogP contribution < -0.4 is 5.32 Å². The van der Waals surface area contributed by atoms with E-state index < -0.39 is 0 Å². The fourth-order valence-corrected chi connectivity index (χ4v) is 2.89. The van der Waals surface area contributed by atoms with Gasteiger partial charge < -0.3 is 10.1 Å². The molecule has 1 amide bonds. The number of ether oxygens (including phenoxy) is 1. The summed E-state index contributed by atoms with van der Waals surface area (Å²) in [6.45, 7) is 5.44. The van der Waals surface area contributed by atoms with Crippen molar-refractivity contribution in [3.05, 3.63) is 10.6 Å². The first-order valence-corrected chi connectivity index (χ1v) is 6.93. The van der Waals surface area contributed by atoms with Crippen LogP contribution >= 0.6 is 11.3 Å². The number of anilines is 1. The van der Waals surface area contributed by atoms with E-state index in [-0.39, 0.29) is 11.8 Å². The van der Waals surface area contributed by atoms with Crippen molar-refractivity contribution in [2.24, 2.45) is 5.92 Å². The summed E-state index contributed by atoms with van der Waals surface area (Å²) in [5.41, 5.74) is 1.08. The Morgan fingerprint density at radius 3 is 2.94 bits per heavy atom. The zero-order valence-corrected chi connectivity index (χ0v) is 11.1. The second kappa shape index (κ2) is 5.60. The van der Waals surface area contributed by atoms with Gasteiger partial charge in [0.15, 0.2) is 5.13 Å². The van der Waals surface area contributed by atoms with E-state index >= 15 is 0 Å². The van der Waals surface area contributed by atoms with Crippen LogP contribution in [0.4, 0.5) is 5.13 Å². The molecule has 0 unspecified atom stereocenters. The van der Waals surface area contributed by atoms with Gasteiger partial charge in [0, 0.05) is 12.3 Å². The van der Waals surface area contributed by atoms with Gasteiger partial charge in [0.05, 0.1) is 23.8 Å². The molecule has 2 rings (SSSR count). The molecule has 0 saturated carbocycles. The van der Waals surface area contributed by atoms with Crippen molar-refractivity contribution in [3.63, 3.8) is 0 Å². The molecular weight excluding hydrogens is 236 g/mol. The molecule has 5 heteroatoms. The predicted molar refractivity (Wildman–Crippen MR) is 68.2 cm³/mol. The van der Waals surface area contributed by atoms with Crippen LogP contribution in [-0.4, -0.2) is 17.5 Å². The Morgan fingerprint density at radius 1 is 1.53 bits per heavy atom. The molecule has 1 aromatic rings. The number of fused-ring (bicyclic) bond motifs is 1. The number of hydrogen-bond donors (Lipinski definition) is 1. The van der Waals surface area contributed by atoms with Gasteiger partial charge in [-0.15, -0.1) is 0 Å². The summed E-state index contributed by atoms with van der Waals surface area (Å²) >= 11 is 1.53. The molecule has 0 radical (unpaired) electrons. The number of rotatable bonds is 4. The van der Waals surface area contributed by atoms with Gasteiger partial charge in [-0.3, -0.25) is 4.79 Å². The molecule has 0 fully saturated rings. The highest BCUT2D eigenvalue weighted by Crippen LogP contribution is 2.27. The molecule has 0 bridgehead atoms. The smallest absolute Gasteiger partial charge is 0.229 e. The molecular formula is C12H18N2O2S. The Hall–Kier alpha value is -0.940. The Balaban J connectivity index is 2.03. The van der Waals surface area contributed by atoms with Gasteiger partial charge in [0.25, 0.3) is 0 Å². The minimum Gasteiger partial charge on any atom is -0.375 e. The summed E-state index contributed by atoms with van der Waals surface area (Å²) in [5, 5.41) is 3.63. The maximum atomic E-state index is 11.9. The Kier molecular flexibility index (Phi) is 4.12. The van der Waals surface area contributed by atoms with Crippen molar-refractivity contribution < 1.29 is 9.53 Å². The molecule has 2 heterocycles. The normalized spacial score (nSPS) is 14.8. The van der Waals surface area contributed by atoms with Gasteiger partial charge in [-0.05, 0) is 12.8 Å². The molecule has 17 heavy (non-hydrogen) atoms. The molecule has 4 nitrogen and oxygen atoms in total. The molecule has 1 aliphatic heterocycles. The third-order valence-corrected chi connectivity index (χ3v) is 4.07. The minimum absolute atomic E-state index is 0.0852. The number of carbonyl (C=O) groups is 1. The lowest BCUT2D eigenvalue weighted by Gasteiger charge is -2.10. The van der Waals surface area contributed by atoms with Crippen LogP contribution in [0.5, 0.6) is 0 Å². The lowest BCUT2D eigenvalue weighted by Crippen LogP contribution is -2.21. The molecule has 1 aliphatic rings. The highest BCUT2D eigenvalue weighted by molar-refractivity contribution is 7.15. The summed E-state index contributed by atoms with van der Waals surface area (Å²) in [5.74, 6) is 0.175. The average Bonchev–Trinajstić information content (AvgIpc) is 2.72. The summed E-state index contributed by atoms with van der Waals surface area (Å²) in [6, 6.07) is 0. The zero-order chi connectivity index (χ0) is 12.3. The third-order valence-electron chi connectivity index (χ3n) is 3.08. The molecule has 1 N–H and O–H groups in total. The Bertz CT molecular complexity index is 376. The molecule has 0 aromatic carbocycles. The van der Waals surface area contributed by atoms with Gasteiger partial charge in [-0.1, -0.05) is 25.2 Å². The molecule has 0 saturated heterocycles. The second-order valence-electron chi connectivity index (χ2n) is 4.19. The highest BCUT2D eigenvalue weighted by Gasteiger charge is 2.19. The monoisotopic (exact) mass is 254 g/mol. The number of hydrogen-bond acceptors (Lipinski definition) is 4. The van der Waals surface area contributed by atoms with E-state index in [4.69, 9.17) is 4.74 Å². The van der Waals surface area contributed by atoms with Crippen LogP contribution in [0.25, 0.3) is 0 Å². The quantitative estimate of drug-likeness (QED) is 0.898. The lowest BCUT2D eigenvalue weighted by molar-refractivity contribution is -0.120. The first-order chi connectivity index (χ1) is 8.24. The summed E-state index contributed by atoms with van der Waals surface area (Å²) in [4.78, 5) is 17.5. The van der Waals surface area contributed by atoms with Crippen molar-refractivity contribution in [1.82, 2.24) is 4.98 Å². The first-order valence-electron chi connectivity index (χ1n) is 6.11. The molecule has 94 valence electrons. The topological polar surface area (TPSA) is 51.2 Å². The van der Waals surface area contributed by atoms with Crippen molar-refractivity contribution in [3.8, 4) is 0 Å². The van der Waals surface area contributed by atoms with Crippen LogP contribution in [0, 0.1) is 5.92 Å². The van der Waals surface area contributed by atoms with E-state index in [1.54, 1.807) is 0 Å². The minimum atomic E-state index is 0.0852. The Morgan fingerprint density at radius 2 is 2.29 bits per heavy atom. The Labute approximate surface area is 105 Å². The molecule has 0 atom stereocenters. The number of aromatic nitrogens is 1. The lowest BCUT2D eigenvalue weighted by atomic mass is 10.0. The van der Waals surface area contributed by atoms with Gasteiger partial charge in [0.2, 0.25) is 5.91 Å². The molecule has 0 spiro atoms. The van der Waals surface area contributed by atoms with Gasteiger partial charge in [-0.25, -0.2) is 4.98 Å². The maximum Gasteiger partial charge on any atom is 0.229 e. The van der Waals surface area contributed by atoms with Crippen molar-refractivity contribution in [1.29, 1.82) is 0 Å². The predicted octanol–water partition coefficient (Wildman–Crippen LogP) is 2.59. The molecule has 1 aromatic heterocycles. The third kappa shape index (κ3) is 2.84. The zero-order valence-electron chi connectivity index (χ0n) is 10.3. The van der Waals surface area contributed by atoms with Gasteiger partial charge in [0.1, 0.15) is 0 Å². The van der Waals surface area contributed by atoms with Crippen LogP contribution in [0.15, 0.2) is 0 Å². The van der Waals surface area contributed by atoms with Crippen LogP contribution in [0.1, 0.15) is 37.3 Å². The van der Waals surface area contributed by atoms with E-state index in [1.807, 2.05) is 13.8 Å². The van der Waals surface area contributed by atoms with Crippen LogP contribution in [-0.2, 0) is 22.6 Å².